The molecule has 9 aromatic carbocycles. The normalized spacial score (nSPS) is 30.2. The minimum Gasteiger partial charge on any atom is -0.394 e. The quantitative estimate of drug-likeness (QED) is 0.0208. The van der Waals surface area contributed by atoms with E-state index in [2.05, 4.69) is 5.32 Å². The molecule has 5 aliphatic heterocycles. The van der Waals surface area contributed by atoms with Crippen molar-refractivity contribution in [2.45, 2.75) is 227 Å². The highest BCUT2D eigenvalue weighted by molar-refractivity contribution is 5.73. The van der Waals surface area contributed by atoms with Gasteiger partial charge in [-0.3, -0.25) is 4.79 Å². The van der Waals surface area contributed by atoms with Crippen LogP contribution in [0.15, 0.2) is 273 Å². The van der Waals surface area contributed by atoms with Crippen LogP contribution < -0.4 is 5.32 Å². The Kier molecular flexibility index (Phi) is 33.0. The first-order chi connectivity index (χ1) is 58.8. The summed E-state index contributed by atoms with van der Waals surface area (Å²) in [6.45, 7) is 2.21. The molecule has 0 unspecified atom stereocenters. The van der Waals surface area contributed by atoms with E-state index in [9.17, 15) is 30.3 Å². The Morgan fingerprint density at radius 3 is 1.04 bits per heavy atom. The maximum Gasteiger partial charge on any atom is 0.217 e. The van der Waals surface area contributed by atoms with Gasteiger partial charge in [-0.1, -0.05) is 273 Å². The van der Waals surface area contributed by atoms with Crippen LogP contribution in [-0.4, -0.2) is 205 Å². The van der Waals surface area contributed by atoms with Gasteiger partial charge in [0.1, 0.15) is 97.6 Å². The number of benzene rings is 9. The molecule has 5 fully saturated rings. The van der Waals surface area contributed by atoms with Gasteiger partial charge in [0, 0.05) is 13.3 Å². The molecular formula is C95H109NO24. The van der Waals surface area contributed by atoms with Gasteiger partial charge in [0.2, 0.25) is 5.91 Å². The maximum atomic E-state index is 14.7. The van der Waals surface area contributed by atoms with Crippen molar-refractivity contribution in [2.75, 3.05) is 26.4 Å². The average Bonchev–Trinajstić information content (AvgIpc) is 0.767. The minimum atomic E-state index is -1.76. The number of ether oxygens (including phenoxy) is 18. The molecule has 638 valence electrons. The summed E-state index contributed by atoms with van der Waals surface area (Å²) in [6, 6.07) is 84.2. The highest BCUT2D eigenvalue weighted by Crippen LogP contribution is 2.41. The van der Waals surface area contributed by atoms with Gasteiger partial charge >= 0.3 is 0 Å². The van der Waals surface area contributed by atoms with Gasteiger partial charge in [0.15, 0.2) is 31.5 Å². The van der Waals surface area contributed by atoms with Crippen molar-refractivity contribution in [3.05, 3.63) is 323 Å². The second-order valence-electron chi connectivity index (χ2n) is 30.7. The van der Waals surface area contributed by atoms with E-state index in [1.165, 1.54) is 6.92 Å². The summed E-state index contributed by atoms with van der Waals surface area (Å²) in [4.78, 5) is 14.7. The Morgan fingerprint density at radius 1 is 0.325 bits per heavy atom. The molecule has 5 aliphatic rings. The van der Waals surface area contributed by atoms with Crippen LogP contribution in [0.2, 0.25) is 0 Å². The lowest BCUT2D eigenvalue weighted by Gasteiger charge is -2.53. The van der Waals surface area contributed by atoms with E-state index in [-0.39, 0.29) is 85.7 Å². The van der Waals surface area contributed by atoms with E-state index in [1.54, 1.807) is 0 Å². The summed E-state index contributed by atoms with van der Waals surface area (Å²) >= 11 is 0. The Hall–Kier alpha value is -8.47. The SMILES string of the molecule is CC(=O)N[C@H]1[C@H](O[C@H]2[C@@H](O)[C@@H](COCc3ccccc3)O[C@@H](O[C@H]3[C@H](OCc4ccccc4)[C@@H](OCc4ccccc4)[C@H](O)O[C@@H]3COCc3ccccc3)[C@@H]2OCc2ccccc2)O[C@H](COCc2ccccc2)[C@@H](O[C@@H]2O[C@H](CO)C[C@H](O)[C@H]2O)[C@@H]1O[C@@H]1O[C@@H](C)[C@@H](OCc2ccccc2)[C@@H](OCc2ccccc2)[C@@H]1OCc1ccccc1. The third-order valence-corrected chi connectivity index (χ3v) is 21.7. The monoisotopic (exact) mass is 1650 g/mol. The topological polar surface area (TPSA) is 296 Å². The first-order valence-electron chi connectivity index (χ1n) is 41.1. The summed E-state index contributed by atoms with van der Waals surface area (Å²) in [5.41, 5.74) is 7.30. The molecule has 0 aromatic heterocycles. The van der Waals surface area contributed by atoms with Crippen molar-refractivity contribution < 1.29 is 116 Å². The number of carbonyl (C=O) groups is 1. The predicted octanol–water partition coefficient (Wildman–Crippen LogP) is 10.3. The molecule has 5 heterocycles. The third kappa shape index (κ3) is 24.5. The molecule has 0 bridgehead atoms. The summed E-state index contributed by atoms with van der Waals surface area (Å²) in [5, 5.41) is 63.7. The van der Waals surface area contributed by atoms with Crippen LogP contribution in [0.4, 0.5) is 0 Å². The van der Waals surface area contributed by atoms with E-state index in [0.29, 0.717) is 5.56 Å². The third-order valence-electron chi connectivity index (χ3n) is 21.7. The molecule has 14 rings (SSSR count). The number of hydrogen-bond donors (Lipinski definition) is 6. The second-order valence-corrected chi connectivity index (χ2v) is 30.7. The molecule has 6 N–H and O–H groups in total. The number of aliphatic hydroxyl groups is 5. The number of amides is 1. The van der Waals surface area contributed by atoms with Gasteiger partial charge < -0.3 is 116 Å². The van der Waals surface area contributed by atoms with Crippen LogP contribution >= 0.6 is 0 Å². The molecule has 0 radical (unpaired) electrons. The van der Waals surface area contributed by atoms with Crippen LogP contribution in [0.3, 0.4) is 0 Å². The fourth-order valence-electron chi connectivity index (χ4n) is 15.5. The van der Waals surface area contributed by atoms with Gasteiger partial charge in [-0.25, -0.2) is 0 Å². The molecule has 25 nitrogen and oxygen atoms in total. The van der Waals surface area contributed by atoms with Gasteiger partial charge in [-0.2, -0.15) is 0 Å². The second kappa shape index (κ2) is 45.1. The fourth-order valence-corrected chi connectivity index (χ4v) is 15.5. The molecule has 0 aliphatic carbocycles. The molecule has 24 atom stereocenters. The van der Waals surface area contributed by atoms with Crippen LogP contribution in [-0.2, 0) is 150 Å². The number of nitrogens with one attached hydrogen (secondary N) is 1. The number of aliphatic hydroxyl groups excluding tert-OH is 5. The van der Waals surface area contributed by atoms with Gasteiger partial charge in [-0.05, 0) is 57.0 Å². The Bertz CT molecular complexity index is 4380. The van der Waals surface area contributed by atoms with Crippen molar-refractivity contribution in [1.82, 2.24) is 5.32 Å². The van der Waals surface area contributed by atoms with Crippen LogP contribution in [0, 0.1) is 0 Å². The molecular weight excluding hydrogens is 1540 g/mol. The number of hydrogen-bond acceptors (Lipinski definition) is 24. The van der Waals surface area contributed by atoms with Crippen LogP contribution in [0.5, 0.6) is 0 Å². The van der Waals surface area contributed by atoms with Gasteiger partial charge in [-0.15, -0.1) is 0 Å². The first kappa shape index (κ1) is 87.9. The lowest BCUT2D eigenvalue weighted by Crippen LogP contribution is -2.71. The molecule has 1 amide bonds. The summed E-state index contributed by atoms with van der Waals surface area (Å²) in [7, 11) is 0. The van der Waals surface area contributed by atoms with E-state index >= 15 is 0 Å². The van der Waals surface area contributed by atoms with Gasteiger partial charge in [0.25, 0.3) is 0 Å². The van der Waals surface area contributed by atoms with Crippen molar-refractivity contribution in [1.29, 1.82) is 0 Å². The van der Waals surface area contributed by atoms with Crippen molar-refractivity contribution in [3.8, 4) is 0 Å². The summed E-state index contributed by atoms with van der Waals surface area (Å²) in [5.74, 6) is -0.621. The van der Waals surface area contributed by atoms with Crippen molar-refractivity contribution in [2.24, 2.45) is 0 Å². The van der Waals surface area contributed by atoms with Crippen molar-refractivity contribution >= 4 is 5.91 Å². The van der Waals surface area contributed by atoms with Gasteiger partial charge in [0.05, 0.1) is 104 Å². The van der Waals surface area contributed by atoms with Crippen molar-refractivity contribution in [3.63, 3.8) is 0 Å². The number of rotatable bonds is 40. The smallest absolute Gasteiger partial charge is 0.217 e. The van der Waals surface area contributed by atoms with E-state index < -0.39 is 160 Å². The van der Waals surface area contributed by atoms with E-state index in [1.807, 2.05) is 280 Å². The molecule has 0 spiro atoms. The first-order valence-corrected chi connectivity index (χ1v) is 41.1. The molecule has 9 aromatic rings. The Labute approximate surface area is 700 Å². The van der Waals surface area contributed by atoms with Crippen LogP contribution in [0.25, 0.3) is 0 Å². The lowest BCUT2D eigenvalue weighted by atomic mass is 9.93. The number of carbonyl (C=O) groups excluding carboxylic acids is 1. The zero-order valence-electron chi connectivity index (χ0n) is 67.2. The molecule has 25 heteroatoms. The molecule has 120 heavy (non-hydrogen) atoms. The maximum absolute atomic E-state index is 14.7. The Morgan fingerprint density at radius 2 is 0.633 bits per heavy atom. The zero-order chi connectivity index (χ0) is 82.8. The minimum absolute atomic E-state index is 0.00847. The lowest BCUT2D eigenvalue weighted by molar-refractivity contribution is -0.396. The summed E-state index contributed by atoms with van der Waals surface area (Å²) in [6.07, 6.45) is -31.9. The molecule has 5 saturated heterocycles. The zero-order valence-corrected chi connectivity index (χ0v) is 67.2. The highest BCUT2D eigenvalue weighted by atomic mass is 16.8. The highest BCUT2D eigenvalue weighted by Gasteiger charge is 2.59. The Balaban J connectivity index is 0.898. The largest absolute Gasteiger partial charge is 0.394 e. The predicted molar refractivity (Wildman–Crippen MR) is 436 cm³/mol. The van der Waals surface area contributed by atoms with E-state index in [4.69, 9.17) is 85.3 Å². The average molecular weight is 1650 g/mol. The fraction of sp³-hybridized carbons (Fsp3) is 0.421. The molecule has 0 saturated carbocycles. The summed E-state index contributed by atoms with van der Waals surface area (Å²) < 4.78 is 127. The standard InChI is InChI=1S/C95H109NO24/c1-62-81(106-53-67-36-18-6-19-37-67)86(107-54-68-38-20-7-21-39-68)90(111-58-72-46-28-11-29-47-72)94(112-62)119-84-78(96-63(2)98)92(116-77(61-105-52-66-34-16-5-17-35-66)82(84)117-93-79(100)74(99)48-73(49-97)113-93)120-85-80(101)75(59-103-50-64-30-12-3-13-31-64)115-95(89(85)110-57-71-44-26-10-27-45-71)118-83-76(60-104-51-65-32-14-4-15-33-65)114-91(102)88(109-56-70-42-24-9-25-43-70)87(83)108-55-69-40-22-8-23-41-69/h3-47,62,73-95,97,99-102H,48-61H2,1-2H3,(H,96,98)/t62-,73-,74-,75+,76+,77+,78+,79+,80-,81+,82+,83+,84+,85-,86+,87-,88+,89+,90-,91+,92-,93-,94-,95-/m0/s1. The van der Waals surface area contributed by atoms with Crippen LogP contribution in [0.1, 0.15) is 70.3 Å². The van der Waals surface area contributed by atoms with E-state index in [0.717, 1.165) is 44.5 Å².